The Hall–Kier alpha value is -3.49. The van der Waals surface area contributed by atoms with Crippen LogP contribution in [0.2, 0.25) is 0 Å². The van der Waals surface area contributed by atoms with Crippen LogP contribution in [0.15, 0.2) is 51.7 Å². The van der Waals surface area contributed by atoms with Crippen molar-refractivity contribution in [2.24, 2.45) is 0 Å². The number of rotatable bonds is 7. The van der Waals surface area contributed by atoms with Gasteiger partial charge >= 0.3 is 5.97 Å². The molecule has 5 rings (SSSR count). The fourth-order valence-corrected chi connectivity index (χ4v) is 5.07. The van der Waals surface area contributed by atoms with Gasteiger partial charge in [0.2, 0.25) is 5.76 Å². The number of carbonyl (C=O) groups excluding carboxylic acids is 2. The van der Waals surface area contributed by atoms with Crippen LogP contribution in [0.3, 0.4) is 0 Å². The molecule has 2 aromatic carbocycles. The molecule has 0 bridgehead atoms. The molecule has 0 saturated carbocycles. The van der Waals surface area contributed by atoms with Gasteiger partial charge in [0, 0.05) is 26.2 Å². The summed E-state index contributed by atoms with van der Waals surface area (Å²) in [5, 5.41) is 0.479. The van der Waals surface area contributed by atoms with Crippen molar-refractivity contribution >= 4 is 22.8 Å². The normalized spacial score (nSPS) is 18.0. The summed E-state index contributed by atoms with van der Waals surface area (Å²) in [5.74, 6) is -0.623. The summed E-state index contributed by atoms with van der Waals surface area (Å²) >= 11 is 0. The second-order valence-electron chi connectivity index (χ2n) is 9.18. The maximum atomic E-state index is 13.8. The molecule has 8 heteroatoms. The number of ether oxygens (including phenoxy) is 2. The van der Waals surface area contributed by atoms with Crippen molar-refractivity contribution < 1.29 is 23.5 Å². The second kappa shape index (κ2) is 10.2. The topological polar surface area (TPSA) is 89.3 Å². The smallest absolute Gasteiger partial charge is 0.337 e. The molecule has 0 aliphatic carbocycles. The molecule has 1 atom stereocenters. The second-order valence-corrected chi connectivity index (χ2v) is 9.18. The zero-order chi connectivity index (χ0) is 25.2. The molecular weight excluding hydrogens is 460 g/mol. The fraction of sp³-hybridized carbons (Fsp3) is 0.393. The number of esters is 1. The summed E-state index contributed by atoms with van der Waals surface area (Å²) in [5.41, 5.74) is 2.77. The van der Waals surface area contributed by atoms with Gasteiger partial charge in [-0.15, -0.1) is 0 Å². The largest absolute Gasteiger partial charge is 0.465 e. The van der Waals surface area contributed by atoms with Crippen LogP contribution >= 0.6 is 0 Å². The summed E-state index contributed by atoms with van der Waals surface area (Å²) in [6.07, 6.45) is 1.54. The number of aryl methyl sites for hydroxylation is 1. The van der Waals surface area contributed by atoms with E-state index >= 15 is 0 Å². The van der Waals surface area contributed by atoms with E-state index in [-0.39, 0.29) is 17.1 Å². The zero-order valence-electron chi connectivity index (χ0n) is 20.6. The lowest BCUT2D eigenvalue weighted by Gasteiger charge is -2.29. The lowest BCUT2D eigenvalue weighted by molar-refractivity contribution is 0.0353. The molecule has 0 spiro atoms. The first-order chi connectivity index (χ1) is 17.5. The van der Waals surface area contributed by atoms with E-state index in [9.17, 15) is 14.4 Å². The summed E-state index contributed by atoms with van der Waals surface area (Å²) in [6, 6.07) is 11.8. The number of amides is 1. The van der Waals surface area contributed by atoms with Crippen molar-refractivity contribution in [2.45, 2.75) is 25.8 Å². The Morgan fingerprint density at radius 1 is 1.06 bits per heavy atom. The van der Waals surface area contributed by atoms with Gasteiger partial charge in [-0.3, -0.25) is 14.5 Å². The van der Waals surface area contributed by atoms with Gasteiger partial charge in [0.25, 0.3) is 5.91 Å². The van der Waals surface area contributed by atoms with Gasteiger partial charge in [-0.1, -0.05) is 25.1 Å². The Labute approximate surface area is 209 Å². The molecule has 2 aliphatic rings. The predicted octanol–water partition coefficient (Wildman–Crippen LogP) is 3.41. The molecule has 0 N–H and O–H groups in total. The first kappa shape index (κ1) is 24.2. The quantitative estimate of drug-likeness (QED) is 0.469. The molecule has 8 nitrogen and oxygen atoms in total. The van der Waals surface area contributed by atoms with E-state index in [2.05, 4.69) is 4.90 Å². The van der Waals surface area contributed by atoms with Gasteiger partial charge in [0.15, 0.2) is 5.43 Å². The SMILES string of the molecule is CCc1ccc2oc3c(c(=O)c2c1)C(c1ccc(C(=O)OC)cc1)N(CCCN1CCOCC1)C3=O. The molecule has 36 heavy (non-hydrogen) atoms. The van der Waals surface area contributed by atoms with Crippen LogP contribution < -0.4 is 5.43 Å². The zero-order valence-corrected chi connectivity index (χ0v) is 20.6. The number of benzene rings is 2. The molecule has 1 saturated heterocycles. The van der Waals surface area contributed by atoms with Crippen molar-refractivity contribution in [1.82, 2.24) is 9.80 Å². The van der Waals surface area contributed by atoms with Crippen LogP contribution in [-0.2, 0) is 15.9 Å². The number of hydrogen-bond acceptors (Lipinski definition) is 7. The third-order valence-corrected chi connectivity index (χ3v) is 7.06. The van der Waals surface area contributed by atoms with Crippen molar-refractivity contribution in [3.63, 3.8) is 0 Å². The molecule has 0 radical (unpaired) electrons. The van der Waals surface area contributed by atoms with E-state index in [0.29, 0.717) is 41.9 Å². The molecule has 188 valence electrons. The minimum atomic E-state index is -0.588. The minimum Gasteiger partial charge on any atom is -0.465 e. The number of carbonyl (C=O) groups is 2. The van der Waals surface area contributed by atoms with Gasteiger partial charge in [0.1, 0.15) is 5.58 Å². The molecule has 1 unspecified atom stereocenters. The summed E-state index contributed by atoms with van der Waals surface area (Å²) < 4.78 is 16.3. The minimum absolute atomic E-state index is 0.102. The van der Waals surface area contributed by atoms with Crippen molar-refractivity contribution in [3.8, 4) is 0 Å². The van der Waals surface area contributed by atoms with Gasteiger partial charge in [-0.25, -0.2) is 4.79 Å². The van der Waals surface area contributed by atoms with Crippen LogP contribution in [0.25, 0.3) is 11.0 Å². The Balaban J connectivity index is 1.54. The molecule has 1 aromatic heterocycles. The Bertz CT molecular complexity index is 1340. The molecule has 3 heterocycles. The van der Waals surface area contributed by atoms with Gasteiger partial charge in [0.05, 0.1) is 42.9 Å². The Morgan fingerprint density at radius 3 is 2.50 bits per heavy atom. The molecule has 3 aromatic rings. The third kappa shape index (κ3) is 4.42. The third-order valence-electron chi connectivity index (χ3n) is 7.06. The average molecular weight is 491 g/mol. The lowest BCUT2D eigenvalue weighted by Crippen LogP contribution is -2.38. The monoisotopic (exact) mass is 490 g/mol. The maximum absolute atomic E-state index is 13.8. The van der Waals surface area contributed by atoms with Crippen molar-refractivity contribution in [3.05, 3.63) is 80.7 Å². The highest BCUT2D eigenvalue weighted by Crippen LogP contribution is 2.38. The Kier molecular flexibility index (Phi) is 6.89. The molecule has 2 aliphatic heterocycles. The molecule has 1 fully saturated rings. The van der Waals surface area contributed by atoms with E-state index in [1.54, 1.807) is 35.2 Å². The van der Waals surface area contributed by atoms with E-state index in [4.69, 9.17) is 13.9 Å². The number of hydrogen-bond donors (Lipinski definition) is 0. The summed E-state index contributed by atoms with van der Waals surface area (Å²) in [7, 11) is 1.33. The van der Waals surface area contributed by atoms with Crippen LogP contribution in [0.1, 0.15) is 57.0 Å². The number of nitrogens with zero attached hydrogens (tertiary/aromatic N) is 2. The number of morpholine rings is 1. The first-order valence-corrected chi connectivity index (χ1v) is 12.4. The highest BCUT2D eigenvalue weighted by molar-refractivity contribution is 5.99. The van der Waals surface area contributed by atoms with Gasteiger partial charge in [-0.2, -0.15) is 0 Å². The first-order valence-electron chi connectivity index (χ1n) is 12.4. The summed E-state index contributed by atoms with van der Waals surface area (Å²) in [4.78, 5) is 43.4. The molecule has 1 amide bonds. The van der Waals surface area contributed by atoms with E-state index in [1.807, 2.05) is 19.1 Å². The van der Waals surface area contributed by atoms with Crippen molar-refractivity contribution in [2.75, 3.05) is 46.5 Å². The predicted molar refractivity (Wildman–Crippen MR) is 134 cm³/mol. The average Bonchev–Trinajstić information content (AvgIpc) is 3.20. The molecular formula is C28H30N2O6. The van der Waals surface area contributed by atoms with Crippen LogP contribution in [0.4, 0.5) is 0 Å². The van der Waals surface area contributed by atoms with E-state index in [0.717, 1.165) is 43.6 Å². The number of methoxy groups -OCH3 is 1. The van der Waals surface area contributed by atoms with Crippen LogP contribution in [0.5, 0.6) is 0 Å². The Morgan fingerprint density at radius 2 is 1.81 bits per heavy atom. The van der Waals surface area contributed by atoms with Crippen LogP contribution in [0, 0.1) is 0 Å². The fourth-order valence-electron chi connectivity index (χ4n) is 5.07. The standard InChI is InChI=1S/C28H30N2O6/c1-3-18-5-10-22-21(17-18)25(31)23-24(19-6-8-20(9-7-19)28(33)34-2)30(27(32)26(23)36-22)12-4-11-29-13-15-35-16-14-29/h5-10,17,24H,3-4,11-16H2,1-2H3. The lowest BCUT2D eigenvalue weighted by atomic mass is 9.97. The van der Waals surface area contributed by atoms with Crippen LogP contribution in [-0.4, -0.2) is 68.2 Å². The number of fused-ring (bicyclic) bond motifs is 2. The van der Waals surface area contributed by atoms with Gasteiger partial charge in [-0.05, 0) is 48.2 Å². The van der Waals surface area contributed by atoms with Gasteiger partial charge < -0.3 is 18.8 Å². The van der Waals surface area contributed by atoms with E-state index in [1.165, 1.54) is 7.11 Å². The summed E-state index contributed by atoms with van der Waals surface area (Å²) in [6.45, 7) is 6.51. The maximum Gasteiger partial charge on any atom is 0.337 e. The highest BCUT2D eigenvalue weighted by Gasteiger charge is 2.42. The highest BCUT2D eigenvalue weighted by atomic mass is 16.5. The van der Waals surface area contributed by atoms with E-state index < -0.39 is 12.0 Å². The van der Waals surface area contributed by atoms with Crippen molar-refractivity contribution in [1.29, 1.82) is 0 Å².